The molecule has 0 aliphatic heterocycles. The highest BCUT2D eigenvalue weighted by atomic mass is 15.3. The molecule has 2 aromatic rings. The van der Waals surface area contributed by atoms with Gasteiger partial charge in [-0.15, -0.1) is 0 Å². The van der Waals surface area contributed by atoms with E-state index in [1.54, 1.807) is 10.9 Å². The van der Waals surface area contributed by atoms with E-state index < -0.39 is 0 Å². The molecule has 0 unspecified atom stereocenters. The number of nitrogen functional groups attached to an aromatic ring is 1. The van der Waals surface area contributed by atoms with Crippen LogP contribution in [-0.4, -0.2) is 19.6 Å². The third-order valence-electron chi connectivity index (χ3n) is 2.27. The fourth-order valence-electron chi connectivity index (χ4n) is 1.47. The van der Waals surface area contributed by atoms with E-state index in [0.717, 1.165) is 11.3 Å². The highest BCUT2D eigenvalue weighted by molar-refractivity contribution is 5.42. The Morgan fingerprint density at radius 2 is 2.29 bits per heavy atom. The lowest BCUT2D eigenvalue weighted by atomic mass is 10.2. The highest BCUT2D eigenvalue weighted by Crippen LogP contribution is 2.15. The summed E-state index contributed by atoms with van der Waals surface area (Å²) in [5.74, 6) is 0.706. The molecule has 0 radical (unpaired) electrons. The van der Waals surface area contributed by atoms with Crippen molar-refractivity contribution in [1.29, 1.82) is 0 Å². The van der Waals surface area contributed by atoms with E-state index in [9.17, 15) is 0 Å². The van der Waals surface area contributed by atoms with Gasteiger partial charge in [-0.25, -0.2) is 0 Å². The first kappa shape index (κ1) is 8.80. The van der Waals surface area contributed by atoms with Gasteiger partial charge in [0.05, 0.1) is 12.2 Å². The molecule has 2 aromatic heterocycles. The predicted molar refractivity (Wildman–Crippen MR) is 53.7 cm³/mol. The monoisotopic (exact) mass is 191 g/mol. The molecule has 14 heavy (non-hydrogen) atoms. The summed E-state index contributed by atoms with van der Waals surface area (Å²) in [7, 11) is 1.84. The van der Waals surface area contributed by atoms with Crippen LogP contribution in [0.25, 0.3) is 0 Å². The van der Waals surface area contributed by atoms with Gasteiger partial charge >= 0.3 is 0 Å². The average Bonchev–Trinajstić information content (AvgIpc) is 2.71. The van der Waals surface area contributed by atoms with Gasteiger partial charge in [-0.05, 0) is 13.0 Å². The van der Waals surface area contributed by atoms with Crippen LogP contribution in [0.2, 0.25) is 0 Å². The number of aromatic nitrogens is 4. The molecular formula is C9H13N5. The Bertz CT molecular complexity index is 426. The fraction of sp³-hybridized carbons (Fsp3) is 0.333. The normalized spacial score (nSPS) is 10.7. The Labute approximate surface area is 82.1 Å². The Hall–Kier alpha value is -1.78. The van der Waals surface area contributed by atoms with Crippen LogP contribution in [0.15, 0.2) is 18.5 Å². The molecular weight excluding hydrogens is 178 g/mol. The molecule has 2 N–H and O–H groups in total. The minimum atomic E-state index is 0.679. The zero-order valence-electron chi connectivity index (χ0n) is 8.31. The minimum absolute atomic E-state index is 0.679. The highest BCUT2D eigenvalue weighted by Gasteiger charge is 2.10. The van der Waals surface area contributed by atoms with E-state index in [1.807, 2.05) is 30.9 Å². The molecule has 0 spiro atoms. The molecule has 2 heterocycles. The average molecular weight is 191 g/mol. The van der Waals surface area contributed by atoms with Crippen LogP contribution in [0.4, 0.5) is 5.82 Å². The lowest BCUT2D eigenvalue weighted by Crippen LogP contribution is -2.04. The number of hydrogen-bond acceptors (Lipinski definition) is 3. The van der Waals surface area contributed by atoms with Crippen LogP contribution in [0.1, 0.15) is 11.3 Å². The van der Waals surface area contributed by atoms with Crippen LogP contribution in [0.5, 0.6) is 0 Å². The summed E-state index contributed by atoms with van der Waals surface area (Å²) in [5.41, 5.74) is 7.88. The zero-order valence-corrected chi connectivity index (χ0v) is 8.31. The number of anilines is 1. The van der Waals surface area contributed by atoms with Crippen molar-refractivity contribution >= 4 is 5.82 Å². The smallest absolute Gasteiger partial charge is 0.126 e. The van der Waals surface area contributed by atoms with E-state index in [1.165, 1.54) is 0 Å². The van der Waals surface area contributed by atoms with Crippen LogP contribution in [0, 0.1) is 6.92 Å². The van der Waals surface area contributed by atoms with E-state index in [4.69, 9.17) is 5.73 Å². The van der Waals surface area contributed by atoms with Gasteiger partial charge in [0.2, 0.25) is 0 Å². The Balaban J connectivity index is 2.33. The topological polar surface area (TPSA) is 61.7 Å². The van der Waals surface area contributed by atoms with Crippen molar-refractivity contribution in [2.45, 2.75) is 13.5 Å². The van der Waals surface area contributed by atoms with E-state index in [-0.39, 0.29) is 0 Å². The molecule has 0 saturated heterocycles. The summed E-state index contributed by atoms with van der Waals surface area (Å²) in [4.78, 5) is 0. The number of nitrogens with two attached hydrogens (primary N) is 1. The molecule has 5 nitrogen and oxygen atoms in total. The molecule has 0 aliphatic carbocycles. The molecule has 0 amide bonds. The molecule has 0 aliphatic rings. The second kappa shape index (κ2) is 3.17. The van der Waals surface area contributed by atoms with Gasteiger partial charge in [0.25, 0.3) is 0 Å². The lowest BCUT2D eigenvalue weighted by molar-refractivity contribution is 0.685. The summed E-state index contributed by atoms with van der Waals surface area (Å²) in [5, 5.41) is 8.37. The molecule has 0 bridgehead atoms. The quantitative estimate of drug-likeness (QED) is 0.754. The van der Waals surface area contributed by atoms with Crippen LogP contribution in [0.3, 0.4) is 0 Å². The van der Waals surface area contributed by atoms with E-state index in [0.29, 0.717) is 12.4 Å². The maximum atomic E-state index is 5.88. The minimum Gasteiger partial charge on any atom is -0.384 e. The van der Waals surface area contributed by atoms with Crippen molar-refractivity contribution in [3.63, 3.8) is 0 Å². The number of hydrogen-bond donors (Lipinski definition) is 1. The van der Waals surface area contributed by atoms with E-state index in [2.05, 4.69) is 10.2 Å². The first-order valence-electron chi connectivity index (χ1n) is 4.44. The summed E-state index contributed by atoms with van der Waals surface area (Å²) in [6.45, 7) is 2.63. The van der Waals surface area contributed by atoms with Gasteiger partial charge in [0.15, 0.2) is 0 Å². The second-order valence-corrected chi connectivity index (χ2v) is 3.28. The third-order valence-corrected chi connectivity index (χ3v) is 2.27. The van der Waals surface area contributed by atoms with Gasteiger partial charge in [0, 0.05) is 25.0 Å². The lowest BCUT2D eigenvalue weighted by Gasteiger charge is -2.01. The summed E-state index contributed by atoms with van der Waals surface area (Å²) < 4.78 is 3.52. The SMILES string of the molecule is Cc1nn(C)c(N)c1Cn1cccn1. The van der Waals surface area contributed by atoms with Gasteiger partial charge in [0.1, 0.15) is 5.82 Å². The Morgan fingerprint density at radius 1 is 1.50 bits per heavy atom. The molecule has 0 saturated carbocycles. The maximum absolute atomic E-state index is 5.88. The molecule has 0 aromatic carbocycles. The van der Waals surface area contributed by atoms with Crippen molar-refractivity contribution in [1.82, 2.24) is 19.6 Å². The predicted octanol–water partition coefficient (Wildman–Crippen LogP) is 0.556. The van der Waals surface area contributed by atoms with Crippen molar-refractivity contribution < 1.29 is 0 Å². The van der Waals surface area contributed by atoms with Crippen molar-refractivity contribution in [3.8, 4) is 0 Å². The Morgan fingerprint density at radius 3 is 2.79 bits per heavy atom. The Kier molecular flexibility index (Phi) is 1.99. The molecule has 74 valence electrons. The first-order valence-corrected chi connectivity index (χ1v) is 4.44. The van der Waals surface area contributed by atoms with Crippen molar-refractivity contribution in [2.75, 3.05) is 5.73 Å². The van der Waals surface area contributed by atoms with Gasteiger partial charge in [-0.2, -0.15) is 10.2 Å². The summed E-state index contributed by atoms with van der Waals surface area (Å²) in [6.07, 6.45) is 3.66. The molecule has 0 fully saturated rings. The standard InChI is InChI=1S/C9H13N5/c1-7-8(9(10)13(2)12-7)6-14-5-3-4-11-14/h3-5H,6,10H2,1-2H3. The first-order chi connectivity index (χ1) is 6.68. The van der Waals surface area contributed by atoms with Crippen LogP contribution >= 0.6 is 0 Å². The van der Waals surface area contributed by atoms with E-state index >= 15 is 0 Å². The van der Waals surface area contributed by atoms with Crippen molar-refractivity contribution in [2.24, 2.45) is 7.05 Å². The number of rotatable bonds is 2. The van der Waals surface area contributed by atoms with Gasteiger partial charge in [-0.1, -0.05) is 0 Å². The largest absolute Gasteiger partial charge is 0.384 e. The number of nitrogens with zero attached hydrogens (tertiary/aromatic N) is 4. The fourth-order valence-corrected chi connectivity index (χ4v) is 1.47. The molecule has 5 heteroatoms. The van der Waals surface area contributed by atoms with Gasteiger partial charge < -0.3 is 5.73 Å². The van der Waals surface area contributed by atoms with Crippen LogP contribution in [-0.2, 0) is 13.6 Å². The molecule has 2 rings (SSSR count). The van der Waals surface area contributed by atoms with Gasteiger partial charge in [-0.3, -0.25) is 9.36 Å². The van der Waals surface area contributed by atoms with Crippen molar-refractivity contribution in [3.05, 3.63) is 29.7 Å². The summed E-state index contributed by atoms with van der Waals surface area (Å²) >= 11 is 0. The third kappa shape index (κ3) is 1.37. The molecule has 0 atom stereocenters. The summed E-state index contributed by atoms with van der Waals surface area (Å²) in [6, 6.07) is 1.89. The maximum Gasteiger partial charge on any atom is 0.126 e. The van der Waals surface area contributed by atoms with Crippen LogP contribution < -0.4 is 5.73 Å². The number of aryl methyl sites for hydroxylation is 2. The second-order valence-electron chi connectivity index (χ2n) is 3.28. The zero-order chi connectivity index (χ0) is 10.1.